The highest BCUT2D eigenvalue weighted by Crippen LogP contribution is 2.22. The molecule has 27 heavy (non-hydrogen) atoms. The van der Waals surface area contributed by atoms with Gasteiger partial charge >= 0.3 is 0 Å². The van der Waals surface area contributed by atoms with Gasteiger partial charge < -0.3 is 4.90 Å². The van der Waals surface area contributed by atoms with E-state index in [-0.39, 0.29) is 5.91 Å². The van der Waals surface area contributed by atoms with Crippen LogP contribution in [0.3, 0.4) is 0 Å². The molecule has 0 aliphatic carbocycles. The Morgan fingerprint density at radius 3 is 2.70 bits per heavy atom. The molecule has 0 N–H and O–H groups in total. The summed E-state index contributed by atoms with van der Waals surface area (Å²) in [5, 5.41) is 8.73. The first-order valence-electron chi connectivity index (χ1n) is 9.47. The molecule has 1 aliphatic heterocycles. The van der Waals surface area contributed by atoms with Crippen LogP contribution < -0.4 is 0 Å². The number of hydrogen-bond acceptors (Lipinski definition) is 5. The van der Waals surface area contributed by atoms with E-state index in [4.69, 9.17) is 0 Å². The number of nitrogens with zero attached hydrogens (tertiary/aromatic N) is 7. The molecule has 142 valence electrons. The molecule has 0 atom stereocenters. The average Bonchev–Trinajstić information content (AvgIpc) is 3.31. The summed E-state index contributed by atoms with van der Waals surface area (Å²) < 4.78 is 3.78. The monoisotopic (exact) mass is 367 g/mol. The molecule has 4 rings (SSSR count). The van der Waals surface area contributed by atoms with Crippen LogP contribution in [0.25, 0.3) is 5.65 Å². The Bertz CT molecular complexity index is 952. The van der Waals surface area contributed by atoms with E-state index in [9.17, 15) is 4.79 Å². The van der Waals surface area contributed by atoms with Crippen LogP contribution in [0.2, 0.25) is 0 Å². The molecule has 0 bridgehead atoms. The molecule has 0 radical (unpaired) electrons. The van der Waals surface area contributed by atoms with Crippen molar-refractivity contribution in [2.24, 2.45) is 0 Å². The number of hydrogen-bond donors (Lipinski definition) is 0. The summed E-state index contributed by atoms with van der Waals surface area (Å²) in [6.07, 6.45) is 6.37. The first-order chi connectivity index (χ1) is 13.0. The molecule has 3 aromatic heterocycles. The van der Waals surface area contributed by atoms with E-state index in [2.05, 4.69) is 27.1 Å². The quantitative estimate of drug-likeness (QED) is 0.705. The highest BCUT2D eigenvalue weighted by molar-refractivity contribution is 5.76. The van der Waals surface area contributed by atoms with Gasteiger partial charge in [0.05, 0.1) is 11.7 Å². The molecule has 0 aromatic carbocycles. The number of rotatable bonds is 4. The number of piperidine rings is 1. The lowest BCUT2D eigenvalue weighted by Gasteiger charge is -2.32. The highest BCUT2D eigenvalue weighted by Gasteiger charge is 2.24. The molecule has 0 spiro atoms. The number of carbonyl (C=O) groups is 1. The van der Waals surface area contributed by atoms with Gasteiger partial charge in [-0.2, -0.15) is 10.2 Å². The zero-order valence-electron chi connectivity index (χ0n) is 16.1. The molecule has 0 saturated carbocycles. The fourth-order valence-corrected chi connectivity index (χ4v) is 3.98. The Hall–Kier alpha value is -2.77. The third-order valence-electron chi connectivity index (χ3n) is 5.50. The Kier molecular flexibility index (Phi) is 4.63. The molecular weight excluding hydrogens is 342 g/mol. The first-order valence-corrected chi connectivity index (χ1v) is 9.47. The van der Waals surface area contributed by atoms with Crippen molar-refractivity contribution in [3.63, 3.8) is 0 Å². The summed E-state index contributed by atoms with van der Waals surface area (Å²) >= 11 is 0. The van der Waals surface area contributed by atoms with Crippen molar-refractivity contribution >= 4 is 11.6 Å². The normalized spacial score (nSPS) is 15.6. The van der Waals surface area contributed by atoms with Gasteiger partial charge in [-0.1, -0.05) is 0 Å². The third kappa shape index (κ3) is 3.43. The van der Waals surface area contributed by atoms with Gasteiger partial charge in [0.2, 0.25) is 5.91 Å². The molecule has 4 heterocycles. The first kappa shape index (κ1) is 17.6. The second kappa shape index (κ2) is 7.09. The Morgan fingerprint density at radius 2 is 2.00 bits per heavy atom. The van der Waals surface area contributed by atoms with Gasteiger partial charge in [-0.15, -0.1) is 0 Å². The predicted molar refractivity (Wildman–Crippen MR) is 100 cm³/mol. The molecule has 1 aliphatic rings. The topological polar surface area (TPSA) is 81.2 Å². The zero-order chi connectivity index (χ0) is 19.0. The van der Waals surface area contributed by atoms with Crippen LogP contribution >= 0.6 is 0 Å². The number of fused-ring (bicyclic) bond motifs is 1. The van der Waals surface area contributed by atoms with Crippen LogP contribution in [-0.4, -0.2) is 53.3 Å². The van der Waals surface area contributed by atoms with Crippen LogP contribution in [-0.2, 0) is 11.2 Å². The van der Waals surface area contributed by atoms with Gasteiger partial charge in [0.1, 0.15) is 12.7 Å². The molecule has 0 unspecified atom stereocenters. The van der Waals surface area contributed by atoms with Crippen molar-refractivity contribution < 1.29 is 4.79 Å². The Morgan fingerprint density at radius 1 is 1.22 bits per heavy atom. The van der Waals surface area contributed by atoms with E-state index in [0.717, 1.165) is 54.2 Å². The summed E-state index contributed by atoms with van der Waals surface area (Å²) in [5.41, 5.74) is 5.00. The molecular formula is C19H25N7O. The van der Waals surface area contributed by atoms with Crippen molar-refractivity contribution in [2.75, 3.05) is 13.1 Å². The van der Waals surface area contributed by atoms with Crippen molar-refractivity contribution in [1.29, 1.82) is 0 Å². The Labute approximate surface area is 158 Å². The highest BCUT2D eigenvalue weighted by atomic mass is 16.2. The number of aromatic nitrogens is 6. The number of amides is 1. The molecule has 3 aromatic rings. The molecule has 1 amide bonds. The van der Waals surface area contributed by atoms with Crippen LogP contribution in [0.15, 0.2) is 18.7 Å². The summed E-state index contributed by atoms with van der Waals surface area (Å²) in [5.74, 6) is 0.211. The van der Waals surface area contributed by atoms with Gasteiger partial charge in [0.25, 0.3) is 0 Å². The van der Waals surface area contributed by atoms with Crippen LogP contribution in [0.4, 0.5) is 0 Å². The predicted octanol–water partition coefficient (Wildman–Crippen LogP) is 2.04. The minimum absolute atomic E-state index is 0.211. The van der Waals surface area contributed by atoms with Crippen molar-refractivity contribution in [2.45, 2.75) is 52.5 Å². The lowest BCUT2D eigenvalue weighted by Crippen LogP contribution is -2.39. The fourth-order valence-electron chi connectivity index (χ4n) is 3.98. The van der Waals surface area contributed by atoms with E-state index in [1.165, 1.54) is 0 Å². The minimum atomic E-state index is 0.211. The Balaban J connectivity index is 1.39. The third-order valence-corrected chi connectivity index (χ3v) is 5.50. The fraction of sp³-hybridized carbons (Fsp3) is 0.526. The van der Waals surface area contributed by atoms with Gasteiger partial charge in [0.15, 0.2) is 5.65 Å². The number of aryl methyl sites for hydroxylation is 3. The minimum Gasteiger partial charge on any atom is -0.343 e. The maximum Gasteiger partial charge on any atom is 0.222 e. The van der Waals surface area contributed by atoms with Crippen LogP contribution in [0.1, 0.15) is 47.9 Å². The van der Waals surface area contributed by atoms with E-state index in [1.807, 2.05) is 34.0 Å². The molecule has 1 saturated heterocycles. The number of likely N-dealkylation sites (tertiary alicyclic amines) is 1. The van der Waals surface area contributed by atoms with Gasteiger partial charge in [-0.3, -0.25) is 4.79 Å². The lowest BCUT2D eigenvalue weighted by molar-refractivity contribution is -0.132. The van der Waals surface area contributed by atoms with Crippen LogP contribution in [0.5, 0.6) is 0 Å². The van der Waals surface area contributed by atoms with E-state index in [0.29, 0.717) is 18.9 Å². The molecule has 1 fully saturated rings. The van der Waals surface area contributed by atoms with Gasteiger partial charge in [-0.25, -0.2) is 19.2 Å². The van der Waals surface area contributed by atoms with E-state index in [1.54, 1.807) is 12.7 Å². The van der Waals surface area contributed by atoms with E-state index < -0.39 is 0 Å². The summed E-state index contributed by atoms with van der Waals surface area (Å²) in [6.45, 7) is 7.58. The average molecular weight is 367 g/mol. The lowest BCUT2D eigenvalue weighted by atomic mass is 10.0. The molecule has 8 nitrogen and oxygen atoms in total. The van der Waals surface area contributed by atoms with Crippen molar-refractivity contribution in [3.05, 3.63) is 41.4 Å². The maximum atomic E-state index is 12.7. The smallest absolute Gasteiger partial charge is 0.222 e. The maximum absolute atomic E-state index is 12.7. The second-order valence-electron chi connectivity index (χ2n) is 7.30. The zero-order valence-corrected chi connectivity index (χ0v) is 16.1. The van der Waals surface area contributed by atoms with Gasteiger partial charge in [-0.05, 0) is 45.6 Å². The SMILES string of the molecule is Cc1cc2nc(C)c(CCC(=O)N3CCC(n4cncn4)CC3)c(C)n2n1. The van der Waals surface area contributed by atoms with Crippen molar-refractivity contribution in [1.82, 2.24) is 34.3 Å². The number of carbonyl (C=O) groups excluding carboxylic acids is 1. The van der Waals surface area contributed by atoms with Crippen LogP contribution in [0, 0.1) is 20.8 Å². The summed E-state index contributed by atoms with van der Waals surface area (Å²) in [6, 6.07) is 2.32. The van der Waals surface area contributed by atoms with Crippen molar-refractivity contribution in [3.8, 4) is 0 Å². The largest absolute Gasteiger partial charge is 0.343 e. The van der Waals surface area contributed by atoms with E-state index >= 15 is 0 Å². The summed E-state index contributed by atoms with van der Waals surface area (Å²) in [4.78, 5) is 23.3. The second-order valence-corrected chi connectivity index (χ2v) is 7.30. The molecule has 8 heteroatoms. The standard InChI is InChI=1S/C19H25N7O/c1-13-10-18-22-14(2)17(15(3)26(18)23-13)4-5-19(27)24-8-6-16(7-9-24)25-12-20-11-21-25/h10-12,16H,4-9H2,1-3H3. The van der Waals surface area contributed by atoms with Gasteiger partial charge in [0, 0.05) is 37.0 Å². The summed E-state index contributed by atoms with van der Waals surface area (Å²) in [7, 11) is 0.